The van der Waals surface area contributed by atoms with Crippen LogP contribution in [0.15, 0.2) is 24.3 Å². The summed E-state index contributed by atoms with van der Waals surface area (Å²) < 4.78 is 5.36. The number of carbonyl (C=O) groups is 3. The maximum absolute atomic E-state index is 12.5. The van der Waals surface area contributed by atoms with Gasteiger partial charge in [-0.25, -0.2) is 9.97 Å². The molecule has 1 aromatic carbocycles. The topological polar surface area (TPSA) is 105 Å². The Morgan fingerprint density at radius 3 is 2.19 bits per heavy atom. The number of ether oxygens (including phenoxy) is 1. The van der Waals surface area contributed by atoms with Gasteiger partial charge in [-0.05, 0) is 32.4 Å². The van der Waals surface area contributed by atoms with Crippen LogP contribution in [0, 0.1) is 13.8 Å². The summed E-state index contributed by atoms with van der Waals surface area (Å²) in [6.45, 7) is 6.65. The molecule has 4 rings (SSSR count). The number of imide groups is 1. The Balaban J connectivity index is 1.33. The number of amides is 3. The molecule has 0 radical (unpaired) electrons. The third-order valence-electron chi connectivity index (χ3n) is 5.48. The van der Waals surface area contributed by atoms with Gasteiger partial charge in [-0.3, -0.25) is 19.3 Å². The summed E-state index contributed by atoms with van der Waals surface area (Å²) in [5.74, 6) is -0.174. The molecule has 9 heteroatoms. The van der Waals surface area contributed by atoms with E-state index in [-0.39, 0.29) is 30.7 Å². The van der Waals surface area contributed by atoms with Gasteiger partial charge in [0.1, 0.15) is 0 Å². The van der Waals surface area contributed by atoms with E-state index in [0.717, 1.165) is 13.1 Å². The minimum absolute atomic E-state index is 0.178. The second-order valence-corrected chi connectivity index (χ2v) is 7.63. The Kier molecular flexibility index (Phi) is 5.94. The van der Waals surface area contributed by atoms with Crippen molar-refractivity contribution in [3.63, 3.8) is 0 Å². The van der Waals surface area contributed by atoms with Gasteiger partial charge in [-0.2, -0.15) is 0 Å². The number of aryl methyl sites for hydroxylation is 2. The monoisotopic (exact) mass is 423 g/mol. The molecule has 1 fully saturated rings. The van der Waals surface area contributed by atoms with Crippen molar-refractivity contribution < 1.29 is 19.1 Å². The van der Waals surface area contributed by atoms with Crippen LogP contribution in [0.1, 0.15) is 44.9 Å². The summed E-state index contributed by atoms with van der Waals surface area (Å²) in [5.41, 5.74) is 2.83. The van der Waals surface area contributed by atoms with Gasteiger partial charge in [-0.15, -0.1) is 0 Å². The lowest BCUT2D eigenvalue weighted by Crippen LogP contribution is -2.37. The SMILES string of the molecule is Cc1nc(N2CCOCC2)nc(C)c1NC(=O)CCCN1C(=O)c2ccccc2C1=O. The fraction of sp³-hybridized carbons (Fsp3) is 0.409. The lowest BCUT2D eigenvalue weighted by molar-refractivity contribution is -0.116. The standard InChI is InChI=1S/C22H25N5O4/c1-14-19(15(2)24-22(23-14)26-10-12-31-13-11-26)25-18(28)8-5-9-27-20(29)16-6-3-4-7-17(16)21(27)30/h3-4,6-7H,5,8-13H2,1-2H3,(H,25,28). The predicted octanol–water partition coefficient (Wildman–Crippen LogP) is 1.94. The summed E-state index contributed by atoms with van der Waals surface area (Å²) in [7, 11) is 0. The average molecular weight is 423 g/mol. The first-order valence-corrected chi connectivity index (χ1v) is 10.4. The molecular formula is C22H25N5O4. The number of hydrogen-bond acceptors (Lipinski definition) is 7. The molecule has 3 amide bonds. The molecule has 0 saturated carbocycles. The van der Waals surface area contributed by atoms with Crippen molar-refractivity contribution >= 4 is 29.4 Å². The normalized spacial score (nSPS) is 15.9. The van der Waals surface area contributed by atoms with Crippen LogP contribution in [-0.2, 0) is 9.53 Å². The van der Waals surface area contributed by atoms with Crippen LogP contribution in [0.5, 0.6) is 0 Å². The van der Waals surface area contributed by atoms with Crippen LogP contribution >= 0.6 is 0 Å². The molecule has 0 unspecified atom stereocenters. The van der Waals surface area contributed by atoms with Crippen molar-refractivity contribution in [3.05, 3.63) is 46.8 Å². The zero-order valence-corrected chi connectivity index (χ0v) is 17.7. The van der Waals surface area contributed by atoms with E-state index in [0.29, 0.717) is 53.8 Å². The maximum atomic E-state index is 12.5. The molecule has 1 saturated heterocycles. The highest BCUT2D eigenvalue weighted by Gasteiger charge is 2.34. The van der Waals surface area contributed by atoms with Crippen LogP contribution in [-0.4, -0.2) is 65.4 Å². The fourth-order valence-electron chi connectivity index (χ4n) is 3.83. The Bertz CT molecular complexity index is 974. The van der Waals surface area contributed by atoms with Crippen molar-refractivity contribution in [1.29, 1.82) is 0 Å². The Labute approximate surface area is 180 Å². The zero-order chi connectivity index (χ0) is 22.0. The predicted molar refractivity (Wildman–Crippen MR) is 114 cm³/mol. The van der Waals surface area contributed by atoms with E-state index < -0.39 is 0 Å². The fourth-order valence-corrected chi connectivity index (χ4v) is 3.83. The second-order valence-electron chi connectivity index (χ2n) is 7.63. The van der Waals surface area contributed by atoms with Gasteiger partial charge in [0.25, 0.3) is 11.8 Å². The molecule has 2 aliphatic heterocycles. The molecule has 0 atom stereocenters. The Hall–Kier alpha value is -3.33. The van der Waals surface area contributed by atoms with E-state index >= 15 is 0 Å². The van der Waals surface area contributed by atoms with Crippen LogP contribution < -0.4 is 10.2 Å². The van der Waals surface area contributed by atoms with Crippen LogP contribution in [0.3, 0.4) is 0 Å². The first kappa shape index (κ1) is 20.9. The number of nitrogens with one attached hydrogen (secondary N) is 1. The van der Waals surface area contributed by atoms with Crippen molar-refractivity contribution in [3.8, 4) is 0 Å². The molecule has 3 heterocycles. The molecule has 0 spiro atoms. The van der Waals surface area contributed by atoms with Gasteiger partial charge >= 0.3 is 0 Å². The molecule has 9 nitrogen and oxygen atoms in total. The minimum atomic E-state index is -0.306. The third-order valence-corrected chi connectivity index (χ3v) is 5.48. The molecular weight excluding hydrogens is 398 g/mol. The van der Waals surface area contributed by atoms with Gasteiger partial charge in [0, 0.05) is 26.1 Å². The van der Waals surface area contributed by atoms with Gasteiger partial charge in [0.05, 0.1) is 41.4 Å². The maximum Gasteiger partial charge on any atom is 0.261 e. The number of aromatic nitrogens is 2. The lowest BCUT2D eigenvalue weighted by atomic mass is 10.1. The van der Waals surface area contributed by atoms with E-state index in [4.69, 9.17) is 4.74 Å². The molecule has 0 aliphatic carbocycles. The zero-order valence-electron chi connectivity index (χ0n) is 17.7. The summed E-state index contributed by atoms with van der Waals surface area (Å²) in [5, 5.41) is 2.88. The van der Waals surface area contributed by atoms with Gasteiger partial charge in [-0.1, -0.05) is 12.1 Å². The quantitative estimate of drug-likeness (QED) is 0.708. The molecule has 1 aromatic heterocycles. The number of hydrogen-bond donors (Lipinski definition) is 1. The van der Waals surface area contributed by atoms with Crippen molar-refractivity contribution in [2.45, 2.75) is 26.7 Å². The Morgan fingerprint density at radius 1 is 1.03 bits per heavy atom. The highest BCUT2D eigenvalue weighted by molar-refractivity contribution is 6.21. The highest BCUT2D eigenvalue weighted by atomic mass is 16.5. The first-order chi connectivity index (χ1) is 15.0. The third kappa shape index (κ3) is 4.27. The number of morpholine rings is 1. The summed E-state index contributed by atoms with van der Waals surface area (Å²) >= 11 is 0. The number of rotatable bonds is 6. The number of benzene rings is 1. The molecule has 2 aliphatic rings. The summed E-state index contributed by atoms with van der Waals surface area (Å²) in [4.78, 5) is 49.6. The number of nitrogens with zero attached hydrogens (tertiary/aromatic N) is 4. The first-order valence-electron chi connectivity index (χ1n) is 10.4. The lowest BCUT2D eigenvalue weighted by Gasteiger charge is -2.27. The van der Waals surface area contributed by atoms with Crippen LogP contribution in [0.4, 0.5) is 11.6 Å². The van der Waals surface area contributed by atoms with E-state index in [2.05, 4.69) is 20.2 Å². The van der Waals surface area contributed by atoms with Crippen molar-refractivity contribution in [1.82, 2.24) is 14.9 Å². The van der Waals surface area contributed by atoms with Gasteiger partial charge < -0.3 is 15.0 Å². The summed E-state index contributed by atoms with van der Waals surface area (Å²) in [6, 6.07) is 6.76. The van der Waals surface area contributed by atoms with E-state index in [1.807, 2.05) is 13.8 Å². The largest absolute Gasteiger partial charge is 0.378 e. The van der Waals surface area contributed by atoms with Crippen LogP contribution in [0.2, 0.25) is 0 Å². The van der Waals surface area contributed by atoms with Crippen LogP contribution in [0.25, 0.3) is 0 Å². The number of carbonyl (C=O) groups excluding carboxylic acids is 3. The number of fused-ring (bicyclic) bond motifs is 1. The molecule has 31 heavy (non-hydrogen) atoms. The van der Waals surface area contributed by atoms with Crippen molar-refractivity contribution in [2.24, 2.45) is 0 Å². The van der Waals surface area contributed by atoms with Gasteiger partial charge in [0.2, 0.25) is 11.9 Å². The molecule has 1 N–H and O–H groups in total. The minimum Gasteiger partial charge on any atom is -0.378 e. The molecule has 0 bridgehead atoms. The Morgan fingerprint density at radius 2 is 1.61 bits per heavy atom. The van der Waals surface area contributed by atoms with E-state index in [1.54, 1.807) is 24.3 Å². The van der Waals surface area contributed by atoms with Crippen molar-refractivity contribution in [2.75, 3.05) is 43.1 Å². The van der Waals surface area contributed by atoms with E-state index in [9.17, 15) is 14.4 Å². The number of anilines is 2. The summed E-state index contributed by atoms with van der Waals surface area (Å²) in [6.07, 6.45) is 0.555. The van der Waals surface area contributed by atoms with Gasteiger partial charge in [0.15, 0.2) is 0 Å². The highest BCUT2D eigenvalue weighted by Crippen LogP contribution is 2.24. The van der Waals surface area contributed by atoms with E-state index in [1.165, 1.54) is 4.90 Å². The molecule has 162 valence electrons. The smallest absolute Gasteiger partial charge is 0.261 e. The average Bonchev–Trinajstić information content (AvgIpc) is 3.02. The molecule has 2 aromatic rings. The second kappa shape index (κ2) is 8.81.